The van der Waals surface area contributed by atoms with Gasteiger partial charge in [0.2, 0.25) is 0 Å². The number of aromatic nitrogens is 2. The minimum Gasteiger partial charge on any atom is -0.399 e. The lowest BCUT2D eigenvalue weighted by Crippen LogP contribution is -1.99. The summed E-state index contributed by atoms with van der Waals surface area (Å²) < 4.78 is 10.5. The van der Waals surface area contributed by atoms with Gasteiger partial charge >= 0.3 is 0 Å². The maximum Gasteiger partial charge on any atom is 0.259 e. The number of hydrogen-bond donors (Lipinski definition) is 1. The molecule has 2 N–H and O–H groups in total. The SMILES string of the molecule is Cl.Nc1ccc(-c2nc(C3CCOC3)no2)c(Cl)c1. The molecule has 0 aliphatic carbocycles. The molecule has 1 atom stereocenters. The van der Waals surface area contributed by atoms with E-state index in [1.807, 2.05) is 0 Å². The second-order valence-electron chi connectivity index (χ2n) is 4.26. The Labute approximate surface area is 121 Å². The topological polar surface area (TPSA) is 74.2 Å². The Bertz CT molecular complexity index is 568. The van der Waals surface area contributed by atoms with E-state index in [1.54, 1.807) is 18.2 Å². The van der Waals surface area contributed by atoms with Crippen LogP contribution in [-0.4, -0.2) is 23.4 Å². The Morgan fingerprint density at radius 3 is 2.89 bits per heavy atom. The van der Waals surface area contributed by atoms with E-state index >= 15 is 0 Å². The van der Waals surface area contributed by atoms with Gasteiger partial charge in [0.25, 0.3) is 5.89 Å². The molecule has 19 heavy (non-hydrogen) atoms. The fraction of sp³-hybridized carbons (Fsp3) is 0.333. The molecule has 3 rings (SSSR count). The molecular formula is C12H13Cl2N3O2. The van der Waals surface area contributed by atoms with E-state index < -0.39 is 0 Å². The van der Waals surface area contributed by atoms with E-state index in [4.69, 9.17) is 26.6 Å². The first-order valence-corrected chi connectivity index (χ1v) is 6.08. The lowest BCUT2D eigenvalue weighted by atomic mass is 10.1. The average molecular weight is 302 g/mol. The molecule has 0 spiro atoms. The number of halogens is 2. The van der Waals surface area contributed by atoms with Crippen LogP contribution in [-0.2, 0) is 4.74 Å². The van der Waals surface area contributed by atoms with Crippen molar-refractivity contribution < 1.29 is 9.26 Å². The molecule has 102 valence electrons. The van der Waals surface area contributed by atoms with Crippen molar-refractivity contribution in [2.24, 2.45) is 0 Å². The van der Waals surface area contributed by atoms with Crippen LogP contribution in [0.1, 0.15) is 18.2 Å². The summed E-state index contributed by atoms with van der Waals surface area (Å²) in [5.74, 6) is 1.31. The second kappa shape index (κ2) is 5.77. The number of nitrogens with two attached hydrogens (primary N) is 1. The minimum atomic E-state index is 0. The highest BCUT2D eigenvalue weighted by molar-refractivity contribution is 6.33. The molecule has 1 fully saturated rings. The zero-order valence-electron chi connectivity index (χ0n) is 10.0. The zero-order valence-corrected chi connectivity index (χ0v) is 11.6. The predicted molar refractivity (Wildman–Crippen MR) is 74.6 cm³/mol. The van der Waals surface area contributed by atoms with Gasteiger partial charge in [0.1, 0.15) is 0 Å². The molecule has 2 aromatic rings. The van der Waals surface area contributed by atoms with Crippen molar-refractivity contribution in [1.29, 1.82) is 0 Å². The van der Waals surface area contributed by atoms with Gasteiger partial charge in [-0.25, -0.2) is 0 Å². The lowest BCUT2D eigenvalue weighted by molar-refractivity contribution is 0.192. The Kier molecular flexibility index (Phi) is 4.29. The number of nitrogens with zero attached hydrogens (tertiary/aromatic N) is 2. The van der Waals surface area contributed by atoms with Gasteiger partial charge in [0.15, 0.2) is 5.82 Å². The van der Waals surface area contributed by atoms with E-state index in [2.05, 4.69) is 10.1 Å². The summed E-state index contributed by atoms with van der Waals surface area (Å²) in [6.45, 7) is 1.39. The van der Waals surface area contributed by atoms with Crippen LogP contribution >= 0.6 is 24.0 Å². The number of anilines is 1. The molecule has 0 amide bonds. The third-order valence-corrected chi connectivity index (χ3v) is 3.27. The highest BCUT2D eigenvalue weighted by Crippen LogP contribution is 2.30. The van der Waals surface area contributed by atoms with Gasteiger partial charge in [-0.15, -0.1) is 12.4 Å². The molecular weight excluding hydrogens is 289 g/mol. The summed E-state index contributed by atoms with van der Waals surface area (Å²) in [7, 11) is 0. The lowest BCUT2D eigenvalue weighted by Gasteiger charge is -2.00. The van der Waals surface area contributed by atoms with E-state index in [9.17, 15) is 0 Å². The largest absolute Gasteiger partial charge is 0.399 e. The molecule has 2 heterocycles. The molecule has 0 bridgehead atoms. The zero-order chi connectivity index (χ0) is 12.5. The highest BCUT2D eigenvalue weighted by atomic mass is 35.5. The van der Waals surface area contributed by atoms with Gasteiger partial charge in [-0.2, -0.15) is 4.98 Å². The number of benzene rings is 1. The number of rotatable bonds is 2. The smallest absolute Gasteiger partial charge is 0.259 e. The molecule has 5 nitrogen and oxygen atoms in total. The number of nitrogen functional groups attached to an aromatic ring is 1. The third kappa shape index (κ3) is 2.83. The Hall–Kier alpha value is -1.30. The molecule has 0 saturated carbocycles. The summed E-state index contributed by atoms with van der Waals surface area (Å²) in [5.41, 5.74) is 6.94. The van der Waals surface area contributed by atoms with Gasteiger partial charge in [-0.1, -0.05) is 16.8 Å². The van der Waals surface area contributed by atoms with Crippen LogP contribution < -0.4 is 5.73 Å². The van der Waals surface area contributed by atoms with Crippen molar-refractivity contribution in [2.45, 2.75) is 12.3 Å². The molecule has 1 unspecified atom stereocenters. The van der Waals surface area contributed by atoms with Crippen LogP contribution in [0, 0.1) is 0 Å². The van der Waals surface area contributed by atoms with Crippen LogP contribution in [0.4, 0.5) is 5.69 Å². The molecule has 1 aliphatic heterocycles. The normalized spacial score (nSPS) is 18.3. The van der Waals surface area contributed by atoms with Crippen molar-refractivity contribution in [1.82, 2.24) is 10.1 Å². The quantitative estimate of drug-likeness (QED) is 0.863. The van der Waals surface area contributed by atoms with Crippen LogP contribution in [0.15, 0.2) is 22.7 Å². The maximum atomic E-state index is 6.10. The summed E-state index contributed by atoms with van der Waals surface area (Å²) in [6, 6.07) is 5.20. The van der Waals surface area contributed by atoms with Gasteiger partial charge in [0.05, 0.1) is 17.2 Å². The van der Waals surface area contributed by atoms with Crippen molar-refractivity contribution in [3.63, 3.8) is 0 Å². The Morgan fingerprint density at radius 2 is 2.21 bits per heavy atom. The molecule has 1 aliphatic rings. The first-order valence-electron chi connectivity index (χ1n) is 5.71. The summed E-state index contributed by atoms with van der Waals surface area (Å²) in [4.78, 5) is 4.37. The summed E-state index contributed by atoms with van der Waals surface area (Å²) in [5, 5.41) is 4.49. The van der Waals surface area contributed by atoms with Crippen LogP contribution in [0.2, 0.25) is 5.02 Å². The Balaban J connectivity index is 0.00000133. The van der Waals surface area contributed by atoms with Gasteiger partial charge < -0.3 is 15.0 Å². The number of hydrogen-bond acceptors (Lipinski definition) is 5. The van der Waals surface area contributed by atoms with Crippen LogP contribution in [0.25, 0.3) is 11.5 Å². The third-order valence-electron chi connectivity index (χ3n) is 2.96. The van der Waals surface area contributed by atoms with Crippen LogP contribution in [0.3, 0.4) is 0 Å². The van der Waals surface area contributed by atoms with Gasteiger partial charge in [-0.05, 0) is 24.6 Å². The van der Waals surface area contributed by atoms with Gasteiger partial charge in [-0.3, -0.25) is 0 Å². The first-order chi connectivity index (χ1) is 8.74. The van der Waals surface area contributed by atoms with Crippen LogP contribution in [0.5, 0.6) is 0 Å². The highest BCUT2D eigenvalue weighted by Gasteiger charge is 2.23. The molecule has 1 aromatic heterocycles. The molecule has 0 radical (unpaired) electrons. The van der Waals surface area contributed by atoms with E-state index in [-0.39, 0.29) is 18.3 Å². The van der Waals surface area contributed by atoms with E-state index in [0.717, 1.165) is 13.0 Å². The van der Waals surface area contributed by atoms with Crippen molar-refractivity contribution in [3.8, 4) is 11.5 Å². The molecule has 1 saturated heterocycles. The summed E-state index contributed by atoms with van der Waals surface area (Å²) >= 11 is 6.10. The fourth-order valence-corrected chi connectivity index (χ4v) is 2.22. The average Bonchev–Trinajstić information content (AvgIpc) is 2.99. The molecule has 1 aromatic carbocycles. The standard InChI is InChI=1S/C12H12ClN3O2.ClH/c13-10-5-8(14)1-2-9(10)12-15-11(16-18-12)7-3-4-17-6-7;/h1-2,5,7H,3-4,6,14H2;1H. The molecule has 7 heteroatoms. The Morgan fingerprint density at radius 1 is 1.37 bits per heavy atom. The fourth-order valence-electron chi connectivity index (χ4n) is 1.95. The summed E-state index contributed by atoms with van der Waals surface area (Å²) in [6.07, 6.45) is 0.925. The second-order valence-corrected chi connectivity index (χ2v) is 4.66. The minimum absolute atomic E-state index is 0. The van der Waals surface area contributed by atoms with Gasteiger partial charge in [0, 0.05) is 18.2 Å². The van der Waals surface area contributed by atoms with E-state index in [1.165, 1.54) is 0 Å². The van der Waals surface area contributed by atoms with E-state index in [0.29, 0.717) is 34.6 Å². The first kappa shape index (κ1) is 14.1. The van der Waals surface area contributed by atoms with Crippen molar-refractivity contribution >= 4 is 29.7 Å². The van der Waals surface area contributed by atoms with Crippen molar-refractivity contribution in [2.75, 3.05) is 18.9 Å². The maximum absolute atomic E-state index is 6.10. The predicted octanol–water partition coefficient (Wildman–Crippen LogP) is 2.90. The number of ether oxygens (including phenoxy) is 1. The monoisotopic (exact) mass is 301 g/mol. The van der Waals surface area contributed by atoms with Crippen molar-refractivity contribution in [3.05, 3.63) is 29.0 Å².